The zero-order chi connectivity index (χ0) is 12.6. The van der Waals surface area contributed by atoms with E-state index in [0.29, 0.717) is 0 Å². The van der Waals surface area contributed by atoms with Crippen molar-refractivity contribution in [2.24, 2.45) is 0 Å². The molecule has 0 radical (unpaired) electrons. The van der Waals surface area contributed by atoms with Crippen LogP contribution in [0.4, 0.5) is 0 Å². The van der Waals surface area contributed by atoms with Crippen molar-refractivity contribution in [3.63, 3.8) is 0 Å². The minimum Gasteiger partial charge on any atom is -0.462 e. The highest BCUT2D eigenvalue weighted by atomic mass is 16.8. The highest BCUT2D eigenvalue weighted by Crippen LogP contribution is 2.25. The largest absolute Gasteiger partial charge is 0.462 e. The van der Waals surface area contributed by atoms with E-state index in [-0.39, 0.29) is 6.29 Å². The molecular formula is C16H24O2. The van der Waals surface area contributed by atoms with Gasteiger partial charge in [0, 0.05) is 0 Å². The van der Waals surface area contributed by atoms with Gasteiger partial charge in [0.2, 0.25) is 6.29 Å². The summed E-state index contributed by atoms with van der Waals surface area (Å²) in [5, 5.41) is 0. The van der Waals surface area contributed by atoms with E-state index in [4.69, 9.17) is 9.47 Å². The topological polar surface area (TPSA) is 21.8 Å². The molecule has 0 bridgehead atoms. The molecule has 0 N–H and O–H groups in total. The van der Waals surface area contributed by atoms with Crippen LogP contribution in [0.15, 0.2) is 24.3 Å². The summed E-state index contributed by atoms with van der Waals surface area (Å²) in [7, 11) is 0. The molecule has 1 fully saturated rings. The van der Waals surface area contributed by atoms with Crippen molar-refractivity contribution < 1.29 is 9.47 Å². The monoisotopic (exact) mass is 248 g/mol. The first-order chi connectivity index (χ1) is 8.90. The average molecular weight is 248 g/mol. The number of rotatable bonds is 9. The number of ether oxygens (including phenoxy) is 2. The molecule has 2 nitrogen and oxygen atoms in total. The Morgan fingerprint density at radius 1 is 1.11 bits per heavy atom. The maximum atomic E-state index is 5.73. The molecule has 1 heterocycles. The zero-order valence-electron chi connectivity index (χ0n) is 11.4. The summed E-state index contributed by atoms with van der Waals surface area (Å²) in [6.45, 7) is 3.00. The van der Waals surface area contributed by atoms with Gasteiger partial charge < -0.3 is 9.47 Å². The van der Waals surface area contributed by atoms with Gasteiger partial charge in [-0.2, -0.15) is 0 Å². The van der Waals surface area contributed by atoms with Crippen LogP contribution >= 0.6 is 0 Å². The molecule has 1 aliphatic rings. The fourth-order valence-electron chi connectivity index (χ4n) is 2.17. The SMILES string of the molecule is CCCCCCCCc1ccccc1OC1CO1. The van der Waals surface area contributed by atoms with Crippen LogP contribution in [0.25, 0.3) is 0 Å². The first-order valence-electron chi connectivity index (χ1n) is 7.26. The molecule has 0 amide bonds. The third-order valence-electron chi connectivity index (χ3n) is 3.33. The van der Waals surface area contributed by atoms with Gasteiger partial charge in [-0.15, -0.1) is 0 Å². The molecule has 18 heavy (non-hydrogen) atoms. The molecule has 1 unspecified atom stereocenters. The van der Waals surface area contributed by atoms with Crippen LogP contribution in [0.2, 0.25) is 0 Å². The number of unbranched alkanes of at least 4 members (excludes halogenated alkanes) is 5. The highest BCUT2D eigenvalue weighted by Gasteiger charge is 2.25. The average Bonchev–Trinajstić information content (AvgIpc) is 3.19. The number of hydrogen-bond donors (Lipinski definition) is 0. The number of benzene rings is 1. The van der Waals surface area contributed by atoms with E-state index in [9.17, 15) is 0 Å². The first-order valence-corrected chi connectivity index (χ1v) is 7.26. The Bertz CT molecular complexity index is 345. The third-order valence-corrected chi connectivity index (χ3v) is 3.33. The van der Waals surface area contributed by atoms with Gasteiger partial charge in [-0.25, -0.2) is 0 Å². The van der Waals surface area contributed by atoms with Crippen LogP contribution in [0.5, 0.6) is 5.75 Å². The van der Waals surface area contributed by atoms with Gasteiger partial charge in [0.1, 0.15) is 12.4 Å². The van der Waals surface area contributed by atoms with Crippen LogP contribution < -0.4 is 4.74 Å². The Morgan fingerprint density at radius 2 is 1.83 bits per heavy atom. The lowest BCUT2D eigenvalue weighted by molar-refractivity contribution is 0.177. The molecule has 1 aromatic rings. The van der Waals surface area contributed by atoms with Crippen molar-refractivity contribution in [1.29, 1.82) is 0 Å². The van der Waals surface area contributed by atoms with E-state index in [2.05, 4.69) is 19.1 Å². The molecule has 0 aliphatic carbocycles. The number of para-hydroxylation sites is 1. The summed E-state index contributed by atoms with van der Waals surface area (Å²) in [5.41, 5.74) is 1.32. The van der Waals surface area contributed by atoms with Crippen LogP contribution in [0.3, 0.4) is 0 Å². The normalized spacial score (nSPS) is 17.7. The van der Waals surface area contributed by atoms with Gasteiger partial charge in [0.25, 0.3) is 0 Å². The molecule has 100 valence electrons. The molecule has 1 atom stereocenters. The smallest absolute Gasteiger partial charge is 0.223 e. The predicted octanol–water partition coefficient (Wildman–Crippen LogP) is 4.32. The molecule has 1 saturated heterocycles. The van der Waals surface area contributed by atoms with Gasteiger partial charge in [-0.3, -0.25) is 0 Å². The second kappa shape index (κ2) is 7.42. The Balaban J connectivity index is 1.70. The van der Waals surface area contributed by atoms with E-state index in [1.54, 1.807) is 0 Å². The quantitative estimate of drug-likeness (QED) is 0.479. The molecule has 0 saturated carbocycles. The lowest BCUT2D eigenvalue weighted by atomic mass is 10.0. The van der Waals surface area contributed by atoms with Crippen molar-refractivity contribution >= 4 is 0 Å². The molecule has 1 aliphatic heterocycles. The van der Waals surface area contributed by atoms with Crippen LogP contribution in [0, 0.1) is 0 Å². The zero-order valence-corrected chi connectivity index (χ0v) is 11.4. The number of epoxide rings is 1. The fourth-order valence-corrected chi connectivity index (χ4v) is 2.17. The summed E-state index contributed by atoms with van der Waals surface area (Å²) in [6, 6.07) is 8.34. The van der Waals surface area contributed by atoms with E-state index in [1.165, 1.54) is 44.1 Å². The van der Waals surface area contributed by atoms with E-state index < -0.39 is 0 Å². The standard InChI is InChI=1S/C16H24O2/c1-2-3-4-5-6-7-10-14-11-8-9-12-15(14)18-16-13-17-16/h8-9,11-12,16H,2-7,10,13H2,1H3. The van der Waals surface area contributed by atoms with Gasteiger partial charge in [0.05, 0.1) is 0 Å². The minimum atomic E-state index is 0.00991. The summed E-state index contributed by atoms with van der Waals surface area (Å²) in [5.74, 6) is 1.01. The fraction of sp³-hybridized carbons (Fsp3) is 0.625. The lowest BCUT2D eigenvalue weighted by Crippen LogP contribution is -2.01. The summed E-state index contributed by atoms with van der Waals surface area (Å²) in [4.78, 5) is 0. The van der Waals surface area contributed by atoms with Gasteiger partial charge in [-0.05, 0) is 24.5 Å². The predicted molar refractivity (Wildman–Crippen MR) is 73.9 cm³/mol. The second-order valence-corrected chi connectivity index (χ2v) is 5.01. The molecule has 2 rings (SSSR count). The van der Waals surface area contributed by atoms with E-state index in [1.807, 2.05) is 12.1 Å². The van der Waals surface area contributed by atoms with Crippen LogP contribution in [-0.4, -0.2) is 12.9 Å². The lowest BCUT2D eigenvalue weighted by Gasteiger charge is -2.09. The van der Waals surface area contributed by atoms with Crippen molar-refractivity contribution in [3.8, 4) is 5.75 Å². The maximum Gasteiger partial charge on any atom is 0.223 e. The van der Waals surface area contributed by atoms with Gasteiger partial charge >= 0.3 is 0 Å². The Morgan fingerprint density at radius 3 is 2.61 bits per heavy atom. The Hall–Kier alpha value is -1.02. The molecule has 2 heteroatoms. The minimum absolute atomic E-state index is 0.00991. The summed E-state index contributed by atoms with van der Waals surface area (Å²) >= 11 is 0. The van der Waals surface area contributed by atoms with Crippen molar-refractivity contribution in [1.82, 2.24) is 0 Å². The molecular weight excluding hydrogens is 224 g/mol. The maximum absolute atomic E-state index is 5.73. The van der Waals surface area contributed by atoms with Crippen molar-refractivity contribution in [2.75, 3.05) is 6.61 Å². The summed E-state index contributed by atoms with van der Waals surface area (Å²) in [6.07, 6.45) is 9.15. The van der Waals surface area contributed by atoms with Crippen molar-refractivity contribution in [3.05, 3.63) is 29.8 Å². The third kappa shape index (κ3) is 4.69. The van der Waals surface area contributed by atoms with Crippen LogP contribution in [0.1, 0.15) is 51.0 Å². The molecule has 1 aromatic carbocycles. The Labute approximate surface area is 110 Å². The Kier molecular flexibility index (Phi) is 5.53. The van der Waals surface area contributed by atoms with Gasteiger partial charge in [-0.1, -0.05) is 57.2 Å². The van der Waals surface area contributed by atoms with E-state index in [0.717, 1.165) is 18.8 Å². The number of hydrogen-bond acceptors (Lipinski definition) is 2. The highest BCUT2D eigenvalue weighted by molar-refractivity contribution is 5.33. The van der Waals surface area contributed by atoms with Crippen molar-refractivity contribution in [2.45, 2.75) is 58.2 Å². The molecule has 0 spiro atoms. The van der Waals surface area contributed by atoms with Crippen LogP contribution in [-0.2, 0) is 11.2 Å². The first kappa shape index (κ1) is 13.4. The van der Waals surface area contributed by atoms with E-state index >= 15 is 0 Å². The molecule has 0 aromatic heterocycles. The number of aryl methyl sites for hydroxylation is 1. The van der Waals surface area contributed by atoms with Gasteiger partial charge in [0.15, 0.2) is 0 Å². The second-order valence-electron chi connectivity index (χ2n) is 5.01. The summed E-state index contributed by atoms with van der Waals surface area (Å²) < 4.78 is 10.8.